The molecule has 0 radical (unpaired) electrons. The van der Waals surface area contributed by atoms with Gasteiger partial charge in [0.1, 0.15) is 5.82 Å². The molecule has 1 aromatic heterocycles. The molecule has 1 atom stereocenters. The first-order chi connectivity index (χ1) is 10.2. The summed E-state index contributed by atoms with van der Waals surface area (Å²) in [5, 5.41) is 3.42. The second kappa shape index (κ2) is 8.32. The Bertz CT molecular complexity index is 426. The molecule has 2 heterocycles. The van der Waals surface area contributed by atoms with Crippen LogP contribution in [0.4, 0.5) is 5.82 Å². The van der Waals surface area contributed by atoms with Gasteiger partial charge in [-0.1, -0.05) is 6.07 Å². The molecule has 0 aromatic carbocycles. The summed E-state index contributed by atoms with van der Waals surface area (Å²) in [5.41, 5.74) is 1.27. The Morgan fingerprint density at radius 3 is 3.10 bits per heavy atom. The molecule has 2 rings (SSSR count). The van der Waals surface area contributed by atoms with E-state index in [1.807, 2.05) is 12.3 Å². The van der Waals surface area contributed by atoms with Crippen molar-refractivity contribution in [2.75, 3.05) is 51.8 Å². The second-order valence-corrected chi connectivity index (χ2v) is 5.81. The summed E-state index contributed by atoms with van der Waals surface area (Å²) in [7, 11) is 3.93. The van der Waals surface area contributed by atoms with Gasteiger partial charge in [0.2, 0.25) is 0 Å². The summed E-state index contributed by atoms with van der Waals surface area (Å²) in [6.45, 7) is 8.06. The smallest absolute Gasteiger partial charge is 0.133 e. The van der Waals surface area contributed by atoms with Crippen molar-refractivity contribution in [2.45, 2.75) is 25.9 Å². The van der Waals surface area contributed by atoms with Crippen LogP contribution < -0.4 is 10.2 Å². The van der Waals surface area contributed by atoms with Crippen LogP contribution in [-0.2, 0) is 11.3 Å². The summed E-state index contributed by atoms with van der Waals surface area (Å²) in [5.74, 6) is 1.13. The molecule has 5 nitrogen and oxygen atoms in total. The van der Waals surface area contributed by atoms with E-state index in [1.54, 1.807) is 7.11 Å². The molecule has 1 N–H and O–H groups in total. The highest BCUT2D eigenvalue weighted by atomic mass is 16.5. The van der Waals surface area contributed by atoms with Crippen LogP contribution in [0.15, 0.2) is 18.3 Å². The molecule has 0 saturated carbocycles. The van der Waals surface area contributed by atoms with Crippen molar-refractivity contribution in [3.05, 3.63) is 23.9 Å². The molecule has 1 aliphatic heterocycles. The van der Waals surface area contributed by atoms with Crippen LogP contribution in [0.25, 0.3) is 0 Å². The van der Waals surface area contributed by atoms with E-state index >= 15 is 0 Å². The first-order valence-corrected chi connectivity index (χ1v) is 7.81. The molecule has 1 aromatic rings. The largest absolute Gasteiger partial charge is 0.383 e. The van der Waals surface area contributed by atoms with Gasteiger partial charge in [0.15, 0.2) is 0 Å². The minimum absolute atomic E-state index is 0.491. The third-order valence-electron chi connectivity index (χ3n) is 3.98. The maximum Gasteiger partial charge on any atom is 0.133 e. The molecule has 1 unspecified atom stereocenters. The molecule has 0 amide bonds. The minimum atomic E-state index is 0.491. The minimum Gasteiger partial charge on any atom is -0.383 e. The Morgan fingerprint density at radius 1 is 1.43 bits per heavy atom. The molecular weight excluding hydrogens is 264 g/mol. The van der Waals surface area contributed by atoms with E-state index in [-0.39, 0.29) is 0 Å². The lowest BCUT2D eigenvalue weighted by atomic mass is 10.2. The number of hydrogen-bond donors (Lipinski definition) is 1. The zero-order valence-electron chi connectivity index (χ0n) is 13.5. The number of rotatable bonds is 6. The van der Waals surface area contributed by atoms with Gasteiger partial charge in [-0.2, -0.15) is 0 Å². The van der Waals surface area contributed by atoms with E-state index in [1.165, 1.54) is 12.0 Å². The number of pyridine rings is 1. The fourth-order valence-electron chi connectivity index (χ4n) is 2.91. The predicted octanol–water partition coefficient (Wildman–Crippen LogP) is 1.35. The molecule has 0 bridgehead atoms. The van der Waals surface area contributed by atoms with Crippen LogP contribution in [0.3, 0.4) is 0 Å². The SMILES string of the molecule is COCCNCc1cccnc1N1CCCN(C)CC1C. The Hall–Kier alpha value is -1.17. The number of methoxy groups -OCH3 is 1. The first kappa shape index (κ1) is 16.2. The zero-order valence-corrected chi connectivity index (χ0v) is 13.5. The predicted molar refractivity (Wildman–Crippen MR) is 86.7 cm³/mol. The van der Waals surface area contributed by atoms with Gasteiger partial charge >= 0.3 is 0 Å². The normalized spacial score (nSPS) is 20.5. The zero-order chi connectivity index (χ0) is 15.1. The number of nitrogens with one attached hydrogen (secondary N) is 1. The molecule has 1 fully saturated rings. The van der Waals surface area contributed by atoms with E-state index < -0.39 is 0 Å². The lowest BCUT2D eigenvalue weighted by molar-refractivity contribution is 0.199. The Kier molecular flexibility index (Phi) is 6.42. The molecule has 21 heavy (non-hydrogen) atoms. The molecule has 0 aliphatic carbocycles. The third kappa shape index (κ3) is 4.66. The highest BCUT2D eigenvalue weighted by Gasteiger charge is 2.22. The van der Waals surface area contributed by atoms with Crippen LogP contribution in [0, 0.1) is 0 Å². The molecule has 0 spiro atoms. The monoisotopic (exact) mass is 292 g/mol. The van der Waals surface area contributed by atoms with E-state index in [2.05, 4.69) is 40.1 Å². The topological polar surface area (TPSA) is 40.6 Å². The van der Waals surface area contributed by atoms with Gasteiger partial charge in [-0.05, 0) is 33.0 Å². The number of nitrogens with zero attached hydrogens (tertiary/aromatic N) is 3. The summed E-state index contributed by atoms with van der Waals surface area (Å²) in [6, 6.07) is 4.68. The Morgan fingerprint density at radius 2 is 2.29 bits per heavy atom. The fourth-order valence-corrected chi connectivity index (χ4v) is 2.91. The summed E-state index contributed by atoms with van der Waals surface area (Å²) in [6.07, 6.45) is 3.09. The van der Waals surface area contributed by atoms with E-state index in [9.17, 15) is 0 Å². The van der Waals surface area contributed by atoms with Crippen molar-refractivity contribution in [1.29, 1.82) is 0 Å². The molecule has 1 saturated heterocycles. The highest BCUT2D eigenvalue weighted by Crippen LogP contribution is 2.22. The van der Waals surface area contributed by atoms with Crippen LogP contribution in [0.5, 0.6) is 0 Å². The Labute approximate surface area is 128 Å². The van der Waals surface area contributed by atoms with Gasteiger partial charge in [0.05, 0.1) is 6.61 Å². The van der Waals surface area contributed by atoms with Crippen LogP contribution >= 0.6 is 0 Å². The summed E-state index contributed by atoms with van der Waals surface area (Å²) >= 11 is 0. The molecular formula is C16H28N4O. The number of aromatic nitrogens is 1. The molecule has 1 aliphatic rings. The average Bonchev–Trinajstić information content (AvgIpc) is 2.64. The van der Waals surface area contributed by atoms with Crippen LogP contribution in [0.1, 0.15) is 18.9 Å². The second-order valence-electron chi connectivity index (χ2n) is 5.81. The molecule has 5 heteroatoms. The average molecular weight is 292 g/mol. The maximum atomic E-state index is 5.08. The van der Waals surface area contributed by atoms with Crippen LogP contribution in [0.2, 0.25) is 0 Å². The first-order valence-electron chi connectivity index (χ1n) is 7.81. The van der Waals surface area contributed by atoms with E-state index in [4.69, 9.17) is 4.74 Å². The number of ether oxygens (including phenoxy) is 1. The summed E-state index contributed by atoms with van der Waals surface area (Å²) < 4.78 is 5.08. The Balaban J connectivity index is 2.07. The van der Waals surface area contributed by atoms with Gasteiger partial charge in [0, 0.05) is 51.1 Å². The van der Waals surface area contributed by atoms with Crippen molar-refractivity contribution in [3.8, 4) is 0 Å². The standard InChI is InChI=1S/C16H28N4O/c1-14-13-19(2)9-5-10-20(14)16-15(6-4-7-18-16)12-17-8-11-21-3/h4,6-7,14,17H,5,8-13H2,1-3H3. The quantitative estimate of drug-likeness (QED) is 0.802. The highest BCUT2D eigenvalue weighted by molar-refractivity contribution is 5.47. The van der Waals surface area contributed by atoms with Gasteiger partial charge in [-0.25, -0.2) is 4.98 Å². The van der Waals surface area contributed by atoms with Crippen molar-refractivity contribution in [2.24, 2.45) is 0 Å². The van der Waals surface area contributed by atoms with Crippen molar-refractivity contribution in [1.82, 2.24) is 15.2 Å². The van der Waals surface area contributed by atoms with Crippen molar-refractivity contribution < 1.29 is 4.74 Å². The molecule has 118 valence electrons. The lowest BCUT2D eigenvalue weighted by Gasteiger charge is -2.30. The van der Waals surface area contributed by atoms with Gasteiger partial charge in [-0.15, -0.1) is 0 Å². The van der Waals surface area contributed by atoms with Crippen LogP contribution in [-0.4, -0.2) is 62.9 Å². The third-order valence-corrected chi connectivity index (χ3v) is 3.98. The number of hydrogen-bond acceptors (Lipinski definition) is 5. The fraction of sp³-hybridized carbons (Fsp3) is 0.688. The maximum absolute atomic E-state index is 5.08. The lowest BCUT2D eigenvalue weighted by Crippen LogP contribution is -2.39. The van der Waals surface area contributed by atoms with Crippen molar-refractivity contribution >= 4 is 5.82 Å². The van der Waals surface area contributed by atoms with Gasteiger partial charge in [-0.3, -0.25) is 0 Å². The van der Waals surface area contributed by atoms with Gasteiger partial charge in [0.25, 0.3) is 0 Å². The number of anilines is 1. The van der Waals surface area contributed by atoms with Gasteiger partial charge < -0.3 is 19.9 Å². The van der Waals surface area contributed by atoms with E-state index in [0.717, 1.165) is 45.1 Å². The summed E-state index contributed by atoms with van der Waals surface area (Å²) in [4.78, 5) is 9.52. The van der Waals surface area contributed by atoms with Crippen molar-refractivity contribution in [3.63, 3.8) is 0 Å². The van der Waals surface area contributed by atoms with E-state index in [0.29, 0.717) is 6.04 Å². The number of likely N-dealkylation sites (N-methyl/N-ethyl adjacent to an activating group) is 1.